The quantitative estimate of drug-likeness (QED) is 0.820. The average molecular weight is 246 g/mol. The molecule has 3 heteroatoms. The highest BCUT2D eigenvalue weighted by Gasteiger charge is 2.21. The number of carbonyl (C=O) groups is 1. The minimum Gasteiger partial charge on any atom is -0.300 e. The summed E-state index contributed by atoms with van der Waals surface area (Å²) in [5.74, 6) is 1.12. The van der Waals surface area contributed by atoms with E-state index in [2.05, 4.69) is 16.9 Å². The molecule has 1 aromatic heterocycles. The third-order valence-electron chi connectivity index (χ3n) is 4.52. The highest BCUT2D eigenvalue weighted by molar-refractivity contribution is 5.79. The number of carbonyl (C=O) groups excluding carboxylic acids is 1. The Hall–Kier alpha value is -1.12. The molecule has 0 atom stereocenters. The first kappa shape index (κ1) is 11.9. The van der Waals surface area contributed by atoms with E-state index in [9.17, 15) is 4.79 Å². The normalized spacial score (nSPS) is 22.8. The lowest BCUT2D eigenvalue weighted by molar-refractivity contribution is -0.121. The number of hydrogen-bond acceptors (Lipinski definition) is 2. The van der Waals surface area contributed by atoms with E-state index in [1.54, 1.807) is 0 Å². The highest BCUT2D eigenvalue weighted by atomic mass is 16.1. The van der Waals surface area contributed by atoms with Crippen molar-refractivity contribution in [2.75, 3.05) is 0 Å². The Balaban J connectivity index is 1.58. The topological polar surface area (TPSA) is 34.9 Å². The maximum Gasteiger partial charge on any atom is 0.132 e. The molecule has 0 amide bonds. The second kappa shape index (κ2) is 5.25. The van der Waals surface area contributed by atoms with E-state index in [-0.39, 0.29) is 0 Å². The molecule has 98 valence electrons. The zero-order valence-corrected chi connectivity index (χ0v) is 11.0. The fraction of sp³-hybridized carbons (Fsp3) is 0.733. The van der Waals surface area contributed by atoms with Crippen LogP contribution in [0.15, 0.2) is 12.3 Å². The minimum absolute atomic E-state index is 0.447. The predicted molar refractivity (Wildman–Crippen MR) is 70.4 cm³/mol. The van der Waals surface area contributed by atoms with Gasteiger partial charge in [0.1, 0.15) is 5.78 Å². The molecule has 2 aliphatic rings. The molecule has 0 aliphatic heterocycles. The summed E-state index contributed by atoms with van der Waals surface area (Å²) >= 11 is 0. The van der Waals surface area contributed by atoms with Gasteiger partial charge < -0.3 is 0 Å². The largest absolute Gasteiger partial charge is 0.300 e. The van der Waals surface area contributed by atoms with Crippen LogP contribution in [0.1, 0.15) is 63.1 Å². The summed E-state index contributed by atoms with van der Waals surface area (Å²) in [5.41, 5.74) is 1.22. The van der Waals surface area contributed by atoms with Gasteiger partial charge in [0.2, 0.25) is 0 Å². The van der Waals surface area contributed by atoms with Gasteiger partial charge in [-0.25, -0.2) is 0 Å². The van der Waals surface area contributed by atoms with Gasteiger partial charge in [0, 0.05) is 19.0 Å². The lowest BCUT2D eigenvalue weighted by atomic mass is 9.85. The Morgan fingerprint density at radius 2 is 1.89 bits per heavy atom. The summed E-state index contributed by atoms with van der Waals surface area (Å²) in [6, 6.07) is 2.82. The van der Waals surface area contributed by atoms with Gasteiger partial charge in [-0.1, -0.05) is 12.8 Å². The van der Waals surface area contributed by atoms with Crippen LogP contribution in [0.4, 0.5) is 0 Å². The monoisotopic (exact) mass is 246 g/mol. The summed E-state index contributed by atoms with van der Waals surface area (Å²) < 4.78 is 2.18. The van der Waals surface area contributed by atoms with Crippen molar-refractivity contribution in [2.24, 2.45) is 5.92 Å². The van der Waals surface area contributed by atoms with Crippen molar-refractivity contribution in [2.45, 2.75) is 63.8 Å². The van der Waals surface area contributed by atoms with Gasteiger partial charge in [0.25, 0.3) is 0 Å². The summed E-state index contributed by atoms with van der Waals surface area (Å²) in [6.07, 6.45) is 12.2. The molecule has 2 aliphatic carbocycles. The van der Waals surface area contributed by atoms with Crippen LogP contribution in [0.25, 0.3) is 0 Å². The van der Waals surface area contributed by atoms with Crippen LogP contribution in [0.2, 0.25) is 0 Å². The highest BCUT2D eigenvalue weighted by Crippen LogP contribution is 2.29. The molecule has 0 unspecified atom stereocenters. The number of hydrogen-bond donors (Lipinski definition) is 0. The third-order valence-corrected chi connectivity index (χ3v) is 4.52. The van der Waals surface area contributed by atoms with E-state index in [0.717, 1.165) is 32.1 Å². The molecule has 0 saturated heterocycles. The van der Waals surface area contributed by atoms with E-state index >= 15 is 0 Å². The number of rotatable bonds is 3. The first-order valence-corrected chi connectivity index (χ1v) is 7.37. The van der Waals surface area contributed by atoms with Crippen LogP contribution in [0.3, 0.4) is 0 Å². The van der Waals surface area contributed by atoms with Crippen molar-refractivity contribution >= 4 is 5.78 Å². The van der Waals surface area contributed by atoms with Gasteiger partial charge in [-0.15, -0.1) is 0 Å². The standard InChI is InChI=1S/C15H22N2O/c18-15-7-5-12(6-8-15)11-13-9-10-17(16-13)14-3-1-2-4-14/h9-10,12,14H,1-8,11H2. The number of aromatic nitrogens is 2. The van der Waals surface area contributed by atoms with Crippen LogP contribution in [0, 0.1) is 5.92 Å². The molecule has 0 radical (unpaired) electrons. The lowest BCUT2D eigenvalue weighted by Gasteiger charge is -2.19. The maximum atomic E-state index is 11.2. The van der Waals surface area contributed by atoms with Crippen LogP contribution < -0.4 is 0 Å². The maximum absolute atomic E-state index is 11.2. The van der Waals surface area contributed by atoms with Crippen molar-refractivity contribution < 1.29 is 4.79 Å². The molecule has 1 aromatic rings. The zero-order chi connectivity index (χ0) is 12.4. The molecule has 0 aromatic carbocycles. The van der Waals surface area contributed by atoms with Crippen molar-refractivity contribution in [3.05, 3.63) is 18.0 Å². The fourth-order valence-electron chi connectivity index (χ4n) is 3.36. The second-order valence-corrected chi connectivity index (χ2v) is 5.91. The lowest BCUT2D eigenvalue weighted by Crippen LogP contribution is -2.16. The van der Waals surface area contributed by atoms with Gasteiger partial charge in [-0.05, 0) is 44.1 Å². The molecule has 0 N–H and O–H groups in total. The molecule has 1 heterocycles. The van der Waals surface area contributed by atoms with Crippen LogP contribution in [-0.4, -0.2) is 15.6 Å². The van der Waals surface area contributed by atoms with Gasteiger partial charge >= 0.3 is 0 Å². The van der Waals surface area contributed by atoms with Crippen molar-refractivity contribution in [1.29, 1.82) is 0 Å². The van der Waals surface area contributed by atoms with E-state index in [0.29, 0.717) is 17.7 Å². The fourth-order valence-corrected chi connectivity index (χ4v) is 3.36. The second-order valence-electron chi connectivity index (χ2n) is 5.91. The molecule has 2 fully saturated rings. The van der Waals surface area contributed by atoms with Crippen molar-refractivity contribution in [3.8, 4) is 0 Å². The zero-order valence-electron chi connectivity index (χ0n) is 11.0. The Morgan fingerprint density at radius 3 is 2.61 bits per heavy atom. The summed E-state index contributed by atoms with van der Waals surface area (Å²) in [6.45, 7) is 0. The minimum atomic E-state index is 0.447. The number of ketones is 1. The first-order valence-electron chi connectivity index (χ1n) is 7.37. The third kappa shape index (κ3) is 2.65. The summed E-state index contributed by atoms with van der Waals surface area (Å²) in [4.78, 5) is 11.2. The summed E-state index contributed by atoms with van der Waals surface area (Å²) in [7, 11) is 0. The van der Waals surface area contributed by atoms with Gasteiger partial charge in [-0.3, -0.25) is 9.48 Å². The molecular weight excluding hydrogens is 224 g/mol. The van der Waals surface area contributed by atoms with Crippen LogP contribution >= 0.6 is 0 Å². The molecular formula is C15H22N2O. The van der Waals surface area contributed by atoms with E-state index < -0.39 is 0 Å². The molecule has 0 bridgehead atoms. The van der Waals surface area contributed by atoms with Crippen molar-refractivity contribution in [1.82, 2.24) is 9.78 Å². The molecule has 2 saturated carbocycles. The Bertz CT molecular complexity index is 408. The first-order chi connectivity index (χ1) is 8.81. The van der Waals surface area contributed by atoms with E-state index in [1.165, 1.54) is 31.4 Å². The summed E-state index contributed by atoms with van der Waals surface area (Å²) in [5, 5.41) is 4.74. The van der Waals surface area contributed by atoms with Gasteiger partial charge in [0.15, 0.2) is 0 Å². The Kier molecular flexibility index (Phi) is 3.48. The average Bonchev–Trinajstić information content (AvgIpc) is 3.02. The molecule has 18 heavy (non-hydrogen) atoms. The number of Topliss-reactive ketones (excluding diaryl/α,β-unsaturated/α-hetero) is 1. The Morgan fingerprint density at radius 1 is 1.17 bits per heavy atom. The molecule has 0 spiro atoms. The van der Waals surface area contributed by atoms with Gasteiger partial charge in [-0.2, -0.15) is 5.10 Å². The Labute approximate surface area is 109 Å². The van der Waals surface area contributed by atoms with Crippen LogP contribution in [0.5, 0.6) is 0 Å². The van der Waals surface area contributed by atoms with Crippen LogP contribution in [-0.2, 0) is 11.2 Å². The van der Waals surface area contributed by atoms with E-state index in [4.69, 9.17) is 5.10 Å². The van der Waals surface area contributed by atoms with Crippen molar-refractivity contribution in [3.63, 3.8) is 0 Å². The molecule has 3 rings (SSSR count). The smallest absolute Gasteiger partial charge is 0.132 e. The number of nitrogens with zero attached hydrogens (tertiary/aromatic N) is 2. The van der Waals surface area contributed by atoms with E-state index in [1.807, 2.05) is 0 Å². The van der Waals surface area contributed by atoms with Gasteiger partial charge in [0.05, 0.1) is 11.7 Å². The molecule has 3 nitrogen and oxygen atoms in total. The predicted octanol–water partition coefficient (Wildman–Crippen LogP) is 3.30. The SMILES string of the molecule is O=C1CCC(Cc2ccn(C3CCCC3)n2)CC1.